The maximum absolute atomic E-state index is 4.76. The molecule has 132 valence electrons. The molecule has 1 aromatic heterocycles. The highest BCUT2D eigenvalue weighted by Crippen LogP contribution is 2.18. The van der Waals surface area contributed by atoms with Crippen LogP contribution in [-0.4, -0.2) is 49.6 Å². The number of thiophene rings is 1. The van der Waals surface area contributed by atoms with Crippen LogP contribution in [0.2, 0.25) is 0 Å². The van der Waals surface area contributed by atoms with E-state index in [1.807, 2.05) is 0 Å². The summed E-state index contributed by atoms with van der Waals surface area (Å²) in [7, 11) is 0. The number of likely N-dealkylation sites (N-methyl/N-ethyl adjacent to an activating group) is 1. The quantitative estimate of drug-likeness (QED) is 0.380. The highest BCUT2D eigenvalue weighted by molar-refractivity contribution is 14.0. The van der Waals surface area contributed by atoms with E-state index in [0.717, 1.165) is 32.1 Å². The van der Waals surface area contributed by atoms with Crippen molar-refractivity contribution < 1.29 is 0 Å². The summed E-state index contributed by atoms with van der Waals surface area (Å²) in [4.78, 5) is 7.32. The van der Waals surface area contributed by atoms with E-state index in [9.17, 15) is 0 Å². The van der Waals surface area contributed by atoms with Crippen molar-refractivity contribution in [2.75, 3.05) is 32.7 Å². The van der Waals surface area contributed by atoms with Gasteiger partial charge in [0.15, 0.2) is 5.96 Å². The molecular weight excluding hydrogens is 419 g/mol. The number of nitrogens with zero attached hydrogens (tertiary/aromatic N) is 2. The van der Waals surface area contributed by atoms with Crippen molar-refractivity contribution >= 4 is 41.3 Å². The predicted molar refractivity (Wildman–Crippen MR) is 112 cm³/mol. The van der Waals surface area contributed by atoms with E-state index in [1.54, 1.807) is 11.3 Å². The molecule has 1 aliphatic heterocycles. The first kappa shape index (κ1) is 20.7. The highest BCUT2D eigenvalue weighted by Gasteiger charge is 2.22. The number of nitrogens with one attached hydrogen (secondary N) is 2. The Morgan fingerprint density at radius 1 is 1.43 bits per heavy atom. The van der Waals surface area contributed by atoms with Gasteiger partial charge in [-0.2, -0.15) is 11.3 Å². The lowest BCUT2D eigenvalue weighted by molar-refractivity contribution is 0.267. The first-order valence-electron chi connectivity index (χ1n) is 8.52. The van der Waals surface area contributed by atoms with Crippen molar-refractivity contribution in [3.63, 3.8) is 0 Å². The van der Waals surface area contributed by atoms with Crippen molar-refractivity contribution in [1.29, 1.82) is 0 Å². The number of hydrogen-bond acceptors (Lipinski definition) is 3. The topological polar surface area (TPSA) is 39.7 Å². The number of halogens is 1. The fourth-order valence-corrected chi connectivity index (χ4v) is 3.77. The van der Waals surface area contributed by atoms with Crippen LogP contribution in [0.25, 0.3) is 0 Å². The minimum Gasteiger partial charge on any atom is -0.357 e. The summed E-state index contributed by atoms with van der Waals surface area (Å²) in [6, 6.07) is 2.85. The third kappa shape index (κ3) is 6.58. The molecule has 1 aromatic rings. The third-order valence-corrected chi connectivity index (χ3v) is 5.09. The van der Waals surface area contributed by atoms with Gasteiger partial charge in [-0.1, -0.05) is 13.8 Å². The van der Waals surface area contributed by atoms with Gasteiger partial charge in [0.2, 0.25) is 0 Å². The zero-order chi connectivity index (χ0) is 15.8. The van der Waals surface area contributed by atoms with Crippen LogP contribution >= 0.6 is 35.3 Å². The second-order valence-electron chi connectivity index (χ2n) is 5.98. The zero-order valence-electron chi connectivity index (χ0n) is 14.5. The van der Waals surface area contributed by atoms with Crippen LogP contribution in [0.4, 0.5) is 0 Å². The average molecular weight is 450 g/mol. The molecule has 0 bridgehead atoms. The average Bonchev–Trinajstić information content (AvgIpc) is 3.20. The van der Waals surface area contributed by atoms with Gasteiger partial charge < -0.3 is 10.6 Å². The second-order valence-corrected chi connectivity index (χ2v) is 6.76. The van der Waals surface area contributed by atoms with Gasteiger partial charge in [-0.3, -0.25) is 9.89 Å². The molecule has 4 nitrogen and oxygen atoms in total. The molecular formula is C17H31IN4S. The number of likely N-dealkylation sites (tertiary alicyclic amines) is 1. The molecule has 2 unspecified atom stereocenters. The van der Waals surface area contributed by atoms with E-state index in [-0.39, 0.29) is 24.0 Å². The molecule has 0 aromatic carbocycles. The Balaban J connectivity index is 0.00000264. The molecule has 0 amide bonds. The third-order valence-electron chi connectivity index (χ3n) is 4.39. The van der Waals surface area contributed by atoms with Crippen molar-refractivity contribution in [3.8, 4) is 0 Å². The monoisotopic (exact) mass is 450 g/mol. The minimum absolute atomic E-state index is 0. The Bertz CT molecular complexity index is 449. The normalized spacial score (nSPS) is 20.1. The van der Waals surface area contributed by atoms with Crippen LogP contribution in [0.3, 0.4) is 0 Å². The van der Waals surface area contributed by atoms with Crippen LogP contribution in [0.1, 0.15) is 45.1 Å². The lowest BCUT2D eigenvalue weighted by Gasteiger charge is -2.24. The number of guanidine groups is 1. The Morgan fingerprint density at radius 3 is 2.91 bits per heavy atom. The molecule has 2 N–H and O–H groups in total. The molecule has 0 radical (unpaired) electrons. The van der Waals surface area contributed by atoms with E-state index in [2.05, 4.69) is 53.1 Å². The van der Waals surface area contributed by atoms with E-state index >= 15 is 0 Å². The van der Waals surface area contributed by atoms with Gasteiger partial charge in [-0.25, -0.2) is 0 Å². The Labute approximate surface area is 162 Å². The van der Waals surface area contributed by atoms with Crippen LogP contribution in [-0.2, 0) is 0 Å². The lowest BCUT2D eigenvalue weighted by atomic mass is 10.1. The number of aliphatic imine (C=N–C) groups is 1. The first-order valence-corrected chi connectivity index (χ1v) is 9.47. The van der Waals surface area contributed by atoms with Crippen molar-refractivity contribution in [1.82, 2.24) is 15.5 Å². The molecule has 0 spiro atoms. The van der Waals surface area contributed by atoms with E-state index < -0.39 is 0 Å². The first-order chi connectivity index (χ1) is 10.7. The maximum atomic E-state index is 4.76. The van der Waals surface area contributed by atoms with Gasteiger partial charge in [0.25, 0.3) is 0 Å². The fraction of sp³-hybridized carbons (Fsp3) is 0.706. The van der Waals surface area contributed by atoms with E-state index in [0.29, 0.717) is 12.0 Å². The molecule has 23 heavy (non-hydrogen) atoms. The summed E-state index contributed by atoms with van der Waals surface area (Å²) >= 11 is 1.76. The molecule has 2 heterocycles. The smallest absolute Gasteiger partial charge is 0.191 e. The van der Waals surface area contributed by atoms with Gasteiger partial charge in [0.1, 0.15) is 0 Å². The van der Waals surface area contributed by atoms with E-state index in [4.69, 9.17) is 4.99 Å². The molecule has 6 heteroatoms. The Hall–Kier alpha value is -0.340. The van der Waals surface area contributed by atoms with Crippen molar-refractivity contribution in [3.05, 3.63) is 22.4 Å². The van der Waals surface area contributed by atoms with Gasteiger partial charge in [-0.05, 0) is 55.2 Å². The van der Waals surface area contributed by atoms with E-state index in [1.165, 1.54) is 24.9 Å². The molecule has 0 saturated carbocycles. The Morgan fingerprint density at radius 2 is 2.26 bits per heavy atom. The number of rotatable bonds is 7. The summed E-state index contributed by atoms with van der Waals surface area (Å²) < 4.78 is 0. The summed E-state index contributed by atoms with van der Waals surface area (Å²) in [6.45, 7) is 11.7. The van der Waals surface area contributed by atoms with Crippen molar-refractivity contribution in [2.45, 2.75) is 45.6 Å². The van der Waals surface area contributed by atoms with Gasteiger partial charge >= 0.3 is 0 Å². The molecule has 1 saturated heterocycles. The van der Waals surface area contributed by atoms with Crippen molar-refractivity contribution in [2.24, 2.45) is 4.99 Å². The van der Waals surface area contributed by atoms with Gasteiger partial charge in [0, 0.05) is 31.6 Å². The predicted octanol–water partition coefficient (Wildman–Crippen LogP) is 3.51. The molecule has 2 rings (SSSR count). The van der Waals surface area contributed by atoms with Gasteiger partial charge in [0.05, 0.1) is 0 Å². The number of hydrogen-bond donors (Lipinski definition) is 2. The molecule has 2 atom stereocenters. The largest absolute Gasteiger partial charge is 0.357 e. The van der Waals surface area contributed by atoms with Crippen LogP contribution < -0.4 is 10.6 Å². The Kier molecular flexibility index (Phi) is 10.1. The molecule has 1 aliphatic rings. The van der Waals surface area contributed by atoms with Crippen LogP contribution in [0.15, 0.2) is 21.8 Å². The summed E-state index contributed by atoms with van der Waals surface area (Å²) in [6.07, 6.45) is 2.62. The second kappa shape index (κ2) is 11.3. The standard InChI is InChI=1S/C17H30N4S.HI/c1-4-18-17(19-11-14(3)15-8-10-22-13-15)20-12-16-7-6-9-21(16)5-2;/h8,10,13-14,16H,4-7,9,11-12H2,1-3H3,(H2,18,19,20);1H. The fourth-order valence-electron chi connectivity index (χ4n) is 2.99. The highest BCUT2D eigenvalue weighted by atomic mass is 127. The summed E-state index contributed by atoms with van der Waals surface area (Å²) in [5.74, 6) is 1.42. The van der Waals surface area contributed by atoms with Gasteiger partial charge in [-0.15, -0.1) is 24.0 Å². The summed E-state index contributed by atoms with van der Waals surface area (Å²) in [5.41, 5.74) is 1.39. The summed E-state index contributed by atoms with van der Waals surface area (Å²) in [5, 5.41) is 11.2. The zero-order valence-corrected chi connectivity index (χ0v) is 17.7. The minimum atomic E-state index is 0. The molecule has 1 fully saturated rings. The van der Waals surface area contributed by atoms with Crippen LogP contribution in [0, 0.1) is 0 Å². The molecule has 0 aliphatic carbocycles. The maximum Gasteiger partial charge on any atom is 0.191 e. The van der Waals surface area contributed by atoms with Crippen LogP contribution in [0.5, 0.6) is 0 Å². The SMILES string of the molecule is CCNC(=NCC(C)c1ccsc1)NCC1CCCN1CC.I. The lowest BCUT2D eigenvalue weighted by Crippen LogP contribution is -2.45.